The number of nitrogens with one attached hydrogen (secondary N) is 1. The predicted octanol–water partition coefficient (Wildman–Crippen LogP) is 6.07. The highest BCUT2D eigenvalue weighted by molar-refractivity contribution is 8.19. The molecule has 4 aromatic rings. The molecule has 0 saturated carbocycles. The molecule has 0 bridgehead atoms. The number of hydrazone groups is 2. The Kier molecular flexibility index (Phi) is 10.7. The zero-order valence-electron chi connectivity index (χ0n) is 26.0. The number of anilines is 1. The van der Waals surface area contributed by atoms with Crippen molar-refractivity contribution < 1.29 is 23.9 Å². The van der Waals surface area contributed by atoms with Crippen LogP contribution in [0.25, 0.3) is 16.9 Å². The molecule has 0 radical (unpaired) electrons. The van der Waals surface area contributed by atoms with Gasteiger partial charge in [-0.1, -0.05) is 60.1 Å². The van der Waals surface area contributed by atoms with Crippen molar-refractivity contribution in [3.63, 3.8) is 0 Å². The highest BCUT2D eigenvalue weighted by Gasteiger charge is 2.34. The van der Waals surface area contributed by atoms with Gasteiger partial charge in [-0.05, 0) is 68.9 Å². The SMILES string of the molecule is CCOC(=O)C1=NN(c2ccc(Cl)cc2)/C(=C(/C#N)C(=O)N/N=C(\C)c2nn(-c3ccccc3)c(-c3ccccc3)c2C(=O)OCC)S1. The molecule has 1 aliphatic heterocycles. The van der Waals surface area contributed by atoms with Crippen molar-refractivity contribution in [3.05, 3.63) is 112 Å². The number of halogens is 1. The van der Waals surface area contributed by atoms with Gasteiger partial charge in [0.25, 0.3) is 5.91 Å². The van der Waals surface area contributed by atoms with Crippen molar-refractivity contribution in [2.75, 3.05) is 18.2 Å². The number of thioether (sulfide) groups is 1. The molecule has 0 unspecified atom stereocenters. The summed E-state index contributed by atoms with van der Waals surface area (Å²) >= 11 is 6.86. The van der Waals surface area contributed by atoms with Crippen molar-refractivity contribution in [2.24, 2.45) is 10.2 Å². The molecule has 0 aliphatic carbocycles. The van der Waals surface area contributed by atoms with Gasteiger partial charge in [-0.15, -0.1) is 0 Å². The first-order valence-electron chi connectivity index (χ1n) is 14.7. The number of amides is 1. The predicted molar refractivity (Wildman–Crippen MR) is 184 cm³/mol. The average molecular weight is 682 g/mol. The van der Waals surface area contributed by atoms with Crippen LogP contribution in [-0.4, -0.2) is 51.6 Å². The molecule has 2 heterocycles. The van der Waals surface area contributed by atoms with E-state index in [9.17, 15) is 19.6 Å². The van der Waals surface area contributed by atoms with E-state index in [0.717, 1.165) is 11.8 Å². The fourth-order valence-corrected chi connectivity index (χ4v) is 5.65. The van der Waals surface area contributed by atoms with Gasteiger partial charge in [0.05, 0.1) is 36.0 Å². The number of nitrogens with zero attached hydrogens (tertiary/aromatic N) is 6. The van der Waals surface area contributed by atoms with Crippen molar-refractivity contribution in [3.8, 4) is 23.0 Å². The van der Waals surface area contributed by atoms with Crippen LogP contribution in [0.1, 0.15) is 36.8 Å². The Labute approximate surface area is 285 Å². The summed E-state index contributed by atoms with van der Waals surface area (Å²) in [5.41, 5.74) is 4.80. The normalized spacial score (nSPS) is 13.8. The number of aromatic nitrogens is 2. The fourth-order valence-electron chi connectivity index (χ4n) is 4.61. The zero-order chi connectivity index (χ0) is 34.2. The molecule has 0 atom stereocenters. The van der Waals surface area contributed by atoms with Gasteiger partial charge in [0.15, 0.2) is 5.57 Å². The molecule has 1 N–H and O–H groups in total. The quantitative estimate of drug-likeness (QED) is 0.0691. The molecular formula is C34H28ClN7O5S. The maximum atomic E-state index is 13.5. The Bertz CT molecular complexity index is 1990. The topological polar surface area (TPSA) is 151 Å². The van der Waals surface area contributed by atoms with E-state index in [4.69, 9.17) is 26.2 Å². The zero-order valence-corrected chi connectivity index (χ0v) is 27.6. The minimum atomic E-state index is -0.887. The Balaban J connectivity index is 1.56. The maximum Gasteiger partial charge on any atom is 0.365 e. The van der Waals surface area contributed by atoms with E-state index in [1.54, 1.807) is 49.7 Å². The second kappa shape index (κ2) is 15.3. The van der Waals surface area contributed by atoms with Gasteiger partial charge >= 0.3 is 11.9 Å². The molecule has 1 aliphatic rings. The van der Waals surface area contributed by atoms with Crippen molar-refractivity contribution in [1.29, 1.82) is 5.26 Å². The molecule has 5 rings (SSSR count). The average Bonchev–Trinajstić information content (AvgIpc) is 3.72. The van der Waals surface area contributed by atoms with E-state index >= 15 is 0 Å². The van der Waals surface area contributed by atoms with Crippen LogP contribution >= 0.6 is 23.4 Å². The number of hydrogen-bond acceptors (Lipinski definition) is 11. The number of ether oxygens (including phenoxy) is 2. The summed E-state index contributed by atoms with van der Waals surface area (Å²) in [5, 5.41) is 25.2. The standard InChI is InChI=1S/C34H28ClN7O5S/c1-4-46-33(44)27-28(39-41(24-14-10-7-11-15-24)29(27)22-12-8-6-9-13-22)21(3)37-38-30(43)26(20-36)32-42(25-18-16-23(35)17-19-25)40-31(48-32)34(45)47-5-2/h6-19H,4-5H2,1-3H3,(H,38,43)/b32-26+,37-21+. The van der Waals surface area contributed by atoms with Gasteiger partial charge in [-0.2, -0.15) is 20.6 Å². The summed E-state index contributed by atoms with van der Waals surface area (Å²) in [5.74, 6) is -2.22. The minimum absolute atomic E-state index is 0.0557. The number of carbonyl (C=O) groups is 3. The summed E-state index contributed by atoms with van der Waals surface area (Å²) < 4.78 is 12.1. The van der Waals surface area contributed by atoms with E-state index in [1.165, 1.54) is 5.01 Å². The van der Waals surface area contributed by atoms with Crippen LogP contribution in [0.5, 0.6) is 0 Å². The van der Waals surface area contributed by atoms with E-state index in [-0.39, 0.29) is 45.8 Å². The summed E-state index contributed by atoms with van der Waals surface area (Å²) in [6, 6.07) is 26.9. The van der Waals surface area contributed by atoms with Crippen molar-refractivity contribution in [1.82, 2.24) is 15.2 Å². The third-order valence-corrected chi connectivity index (χ3v) is 8.00. The first kappa shape index (κ1) is 33.6. The number of para-hydroxylation sites is 1. The smallest absolute Gasteiger partial charge is 0.365 e. The first-order valence-corrected chi connectivity index (χ1v) is 15.9. The van der Waals surface area contributed by atoms with Crippen LogP contribution in [0.3, 0.4) is 0 Å². The molecule has 14 heteroatoms. The van der Waals surface area contributed by atoms with E-state index in [2.05, 4.69) is 15.6 Å². The van der Waals surface area contributed by atoms with Gasteiger partial charge in [-0.3, -0.25) is 4.79 Å². The molecule has 242 valence electrons. The number of hydrogen-bond donors (Lipinski definition) is 1. The van der Waals surface area contributed by atoms with Crippen LogP contribution in [0.15, 0.2) is 106 Å². The lowest BCUT2D eigenvalue weighted by Crippen LogP contribution is -2.24. The molecule has 0 fully saturated rings. The lowest BCUT2D eigenvalue weighted by Gasteiger charge is -2.16. The molecule has 0 spiro atoms. The Morgan fingerprint density at radius 3 is 2.17 bits per heavy atom. The van der Waals surface area contributed by atoms with E-state index in [1.807, 2.05) is 66.7 Å². The van der Waals surface area contributed by atoms with E-state index < -0.39 is 17.8 Å². The van der Waals surface area contributed by atoms with Gasteiger partial charge in [-0.25, -0.2) is 24.7 Å². The second-order valence-corrected chi connectivity index (χ2v) is 11.3. The lowest BCUT2D eigenvalue weighted by molar-refractivity contribution is -0.134. The first-order chi connectivity index (χ1) is 23.3. The third kappa shape index (κ3) is 7.15. The second-order valence-electron chi connectivity index (χ2n) is 9.85. The molecule has 1 aromatic heterocycles. The summed E-state index contributed by atoms with van der Waals surface area (Å²) in [6.45, 7) is 5.15. The van der Waals surface area contributed by atoms with Crippen LogP contribution < -0.4 is 10.4 Å². The number of esters is 2. The van der Waals surface area contributed by atoms with Crippen LogP contribution in [0.2, 0.25) is 5.02 Å². The fraction of sp³-hybridized carbons (Fsp3) is 0.147. The van der Waals surface area contributed by atoms with E-state index in [0.29, 0.717) is 27.7 Å². The Morgan fingerprint density at radius 2 is 1.54 bits per heavy atom. The van der Waals surface area contributed by atoms with Crippen molar-refractivity contribution >= 4 is 57.7 Å². The molecule has 3 aromatic carbocycles. The maximum absolute atomic E-state index is 13.5. The largest absolute Gasteiger partial charge is 0.462 e. The highest BCUT2D eigenvalue weighted by Crippen LogP contribution is 2.37. The van der Waals surface area contributed by atoms with Gasteiger partial charge in [0.2, 0.25) is 5.04 Å². The number of benzene rings is 3. The summed E-state index contributed by atoms with van der Waals surface area (Å²) in [4.78, 5) is 39.5. The van der Waals surface area contributed by atoms with Crippen LogP contribution in [0, 0.1) is 11.3 Å². The molecule has 12 nitrogen and oxygen atoms in total. The lowest BCUT2D eigenvalue weighted by atomic mass is 10.0. The number of rotatable bonds is 10. The van der Waals surface area contributed by atoms with Gasteiger partial charge in [0.1, 0.15) is 22.4 Å². The van der Waals surface area contributed by atoms with Crippen LogP contribution in [0.4, 0.5) is 5.69 Å². The number of carbonyl (C=O) groups excluding carboxylic acids is 3. The Hall–Kier alpha value is -5.71. The monoisotopic (exact) mass is 681 g/mol. The van der Waals surface area contributed by atoms with Gasteiger partial charge in [0, 0.05) is 10.6 Å². The number of nitriles is 1. The summed E-state index contributed by atoms with van der Waals surface area (Å²) in [6.07, 6.45) is 0. The Morgan fingerprint density at radius 1 is 0.917 bits per heavy atom. The van der Waals surface area contributed by atoms with Crippen LogP contribution in [-0.2, 0) is 19.1 Å². The minimum Gasteiger partial charge on any atom is -0.462 e. The molecular weight excluding hydrogens is 654 g/mol. The highest BCUT2D eigenvalue weighted by atomic mass is 35.5. The van der Waals surface area contributed by atoms with Crippen molar-refractivity contribution in [2.45, 2.75) is 20.8 Å². The van der Waals surface area contributed by atoms with Gasteiger partial charge < -0.3 is 9.47 Å². The molecule has 1 amide bonds. The molecule has 48 heavy (non-hydrogen) atoms. The third-order valence-electron chi connectivity index (χ3n) is 6.73. The summed E-state index contributed by atoms with van der Waals surface area (Å²) in [7, 11) is 0. The molecule has 0 saturated heterocycles.